The molecule has 0 aliphatic heterocycles. The summed E-state index contributed by atoms with van der Waals surface area (Å²) in [4.78, 5) is 0. The van der Waals surface area contributed by atoms with Crippen LogP contribution in [0.4, 0.5) is 25.2 Å². The van der Waals surface area contributed by atoms with Crippen LogP contribution in [-0.4, -0.2) is 30.7 Å². The predicted molar refractivity (Wildman–Crippen MR) is 111 cm³/mol. The molecule has 0 saturated carbocycles. The average molecular weight is 444 g/mol. The van der Waals surface area contributed by atoms with Crippen LogP contribution in [0.5, 0.6) is 0 Å². The Bertz CT molecular complexity index is 312. The van der Waals surface area contributed by atoms with E-state index in [9.17, 15) is 25.2 Å². The molecule has 28 heavy (non-hydrogen) atoms. The third-order valence-corrected chi connectivity index (χ3v) is 4.94. The maximum absolute atomic E-state index is 10.7. The Morgan fingerprint density at radius 3 is 0.750 bits per heavy atom. The zero-order chi connectivity index (χ0) is 22.2. The number of nitrogens with zero attached hydrogens (tertiary/aromatic N) is 1. The van der Waals surface area contributed by atoms with E-state index in [1.165, 1.54) is 108 Å². The van der Waals surface area contributed by atoms with Gasteiger partial charge in [-0.2, -0.15) is 0 Å². The van der Waals surface area contributed by atoms with E-state index in [1.54, 1.807) is 0 Å². The van der Waals surface area contributed by atoms with E-state index in [1.807, 2.05) is 0 Å². The van der Waals surface area contributed by atoms with Crippen molar-refractivity contribution in [1.82, 2.24) is 0 Å². The molecule has 0 spiro atoms. The summed E-state index contributed by atoms with van der Waals surface area (Å²) in [6, 6.07) is 0. The maximum atomic E-state index is 9.87. The van der Waals surface area contributed by atoms with Crippen LogP contribution in [0.3, 0.4) is 0 Å². The monoisotopic (exact) mass is 443 g/mol. The Hall–Kier alpha value is -0.0300. The van der Waals surface area contributed by atoms with Crippen LogP contribution in [0, 0.1) is 0 Å². The second kappa shape index (κ2) is 13.3. The molecule has 0 atom stereocenters. The standard InChI is InChI=1S/C20H44N.F6P/c1-5-9-13-17-21(18-14-10-6-2,19-15-11-7-3)20-16-12-8-4;1-7(2,3,4,5)6/h5-20H2,1-4H3;/q+1;-1. The molecule has 0 amide bonds. The molecule has 0 rings (SSSR count). The van der Waals surface area contributed by atoms with Gasteiger partial charge in [0.1, 0.15) is 0 Å². The second-order valence-corrected chi connectivity index (χ2v) is 9.94. The predicted octanol–water partition coefficient (Wildman–Crippen LogP) is 9.95. The molecule has 1 nitrogen and oxygen atoms in total. The summed E-state index contributed by atoms with van der Waals surface area (Å²) < 4.78 is 60.6. The van der Waals surface area contributed by atoms with Gasteiger partial charge in [-0.25, -0.2) is 0 Å². The Morgan fingerprint density at radius 2 is 0.607 bits per heavy atom. The summed E-state index contributed by atoms with van der Waals surface area (Å²) >= 11 is 0. The topological polar surface area (TPSA) is 0 Å². The van der Waals surface area contributed by atoms with E-state index in [0.29, 0.717) is 0 Å². The summed E-state index contributed by atoms with van der Waals surface area (Å²) in [5.41, 5.74) is 0. The Kier molecular flexibility index (Phi) is 14.3. The van der Waals surface area contributed by atoms with Crippen LogP contribution in [-0.2, 0) is 0 Å². The Morgan fingerprint density at radius 1 is 0.429 bits per heavy atom. The summed E-state index contributed by atoms with van der Waals surface area (Å²) in [6.07, 6.45) is 16.9. The summed E-state index contributed by atoms with van der Waals surface area (Å²) in [7, 11) is -10.7. The summed E-state index contributed by atoms with van der Waals surface area (Å²) in [5, 5.41) is 0. The number of hydrogen-bond acceptors (Lipinski definition) is 0. The molecule has 0 aromatic carbocycles. The SMILES string of the molecule is CCCCC[N+](CCCCC)(CCCCC)CCCCC.F[P-](F)(F)(F)(F)F. The Labute approximate surface area is 169 Å². The first-order chi connectivity index (χ1) is 12.7. The molecule has 0 saturated heterocycles. The molecule has 0 N–H and O–H groups in total. The molecular weight excluding hydrogens is 399 g/mol. The quantitative estimate of drug-likeness (QED) is 0.0963. The van der Waals surface area contributed by atoms with Crippen molar-refractivity contribution in [3.05, 3.63) is 0 Å². The van der Waals surface area contributed by atoms with Gasteiger partial charge in [-0.05, 0) is 51.4 Å². The van der Waals surface area contributed by atoms with E-state index in [0.717, 1.165) is 0 Å². The molecule has 0 aliphatic rings. The molecule has 0 fully saturated rings. The third-order valence-electron chi connectivity index (χ3n) is 4.94. The molecule has 0 radical (unpaired) electrons. The van der Waals surface area contributed by atoms with E-state index in [2.05, 4.69) is 27.7 Å². The van der Waals surface area contributed by atoms with Crippen molar-refractivity contribution < 1.29 is 29.7 Å². The van der Waals surface area contributed by atoms with Crippen molar-refractivity contribution in [2.75, 3.05) is 26.2 Å². The molecule has 0 aromatic rings. The van der Waals surface area contributed by atoms with Crippen molar-refractivity contribution in [1.29, 1.82) is 0 Å². The first-order valence-corrected chi connectivity index (χ1v) is 13.1. The van der Waals surface area contributed by atoms with E-state index >= 15 is 0 Å². The third kappa shape index (κ3) is 28.2. The fourth-order valence-corrected chi connectivity index (χ4v) is 3.46. The average Bonchev–Trinajstić information content (AvgIpc) is 2.53. The van der Waals surface area contributed by atoms with Gasteiger partial charge in [0.15, 0.2) is 0 Å². The number of halogens is 6. The molecule has 8 heteroatoms. The molecule has 0 heterocycles. The summed E-state index contributed by atoms with van der Waals surface area (Å²) in [6.45, 7) is 15.1. The van der Waals surface area contributed by atoms with E-state index < -0.39 is 7.81 Å². The zero-order valence-corrected chi connectivity index (χ0v) is 19.4. The number of unbranched alkanes of at least 4 members (excludes halogenated alkanes) is 8. The molecular formula is C20H44F6NP. The van der Waals surface area contributed by atoms with Crippen molar-refractivity contribution in [3.63, 3.8) is 0 Å². The van der Waals surface area contributed by atoms with Crippen molar-refractivity contribution >= 4 is 7.81 Å². The van der Waals surface area contributed by atoms with Crippen LogP contribution in [0.1, 0.15) is 105 Å². The fourth-order valence-electron chi connectivity index (χ4n) is 3.46. The zero-order valence-electron chi connectivity index (χ0n) is 18.5. The van der Waals surface area contributed by atoms with Crippen LogP contribution in [0.15, 0.2) is 0 Å². The van der Waals surface area contributed by atoms with Gasteiger partial charge < -0.3 is 4.48 Å². The van der Waals surface area contributed by atoms with Crippen LogP contribution < -0.4 is 0 Å². The fraction of sp³-hybridized carbons (Fsp3) is 1.00. The van der Waals surface area contributed by atoms with Gasteiger partial charge in [0, 0.05) is 0 Å². The van der Waals surface area contributed by atoms with Crippen molar-refractivity contribution in [2.24, 2.45) is 0 Å². The van der Waals surface area contributed by atoms with E-state index in [-0.39, 0.29) is 0 Å². The minimum absolute atomic E-state index is 1.36. The summed E-state index contributed by atoms with van der Waals surface area (Å²) in [5.74, 6) is 0. The first kappa shape index (κ1) is 30.2. The van der Waals surface area contributed by atoms with Crippen LogP contribution in [0.25, 0.3) is 0 Å². The van der Waals surface area contributed by atoms with Crippen LogP contribution in [0.2, 0.25) is 0 Å². The first-order valence-electron chi connectivity index (χ1n) is 11.1. The Balaban J connectivity index is 0. The molecule has 0 bridgehead atoms. The van der Waals surface area contributed by atoms with Gasteiger partial charge in [0.05, 0.1) is 26.2 Å². The van der Waals surface area contributed by atoms with Gasteiger partial charge in [0.25, 0.3) is 0 Å². The molecule has 0 aliphatic carbocycles. The van der Waals surface area contributed by atoms with Gasteiger partial charge in [0.2, 0.25) is 0 Å². The number of quaternary nitrogens is 1. The van der Waals surface area contributed by atoms with Crippen molar-refractivity contribution in [2.45, 2.75) is 105 Å². The van der Waals surface area contributed by atoms with Gasteiger partial charge >= 0.3 is 33.0 Å². The van der Waals surface area contributed by atoms with Gasteiger partial charge in [-0.3, -0.25) is 0 Å². The van der Waals surface area contributed by atoms with Crippen LogP contribution >= 0.6 is 7.81 Å². The molecule has 0 unspecified atom stereocenters. The van der Waals surface area contributed by atoms with Crippen molar-refractivity contribution in [3.8, 4) is 0 Å². The molecule has 176 valence electrons. The number of rotatable bonds is 16. The van der Waals surface area contributed by atoms with Gasteiger partial charge in [-0.15, -0.1) is 0 Å². The normalized spacial score (nSPS) is 14.8. The second-order valence-electron chi connectivity index (χ2n) is 8.02. The number of hydrogen-bond donors (Lipinski definition) is 0. The molecule has 0 aromatic heterocycles. The minimum atomic E-state index is -10.7. The van der Waals surface area contributed by atoms with E-state index in [4.69, 9.17) is 0 Å². The van der Waals surface area contributed by atoms with Gasteiger partial charge in [-0.1, -0.05) is 53.4 Å².